The van der Waals surface area contributed by atoms with Gasteiger partial charge in [-0.05, 0) is 42.5 Å². The Hall–Kier alpha value is -1.52. The van der Waals surface area contributed by atoms with Crippen LogP contribution in [0.2, 0.25) is 10.0 Å². The third-order valence-electron chi connectivity index (χ3n) is 4.01. The van der Waals surface area contributed by atoms with Gasteiger partial charge in [-0.2, -0.15) is 0 Å². The summed E-state index contributed by atoms with van der Waals surface area (Å²) in [7, 11) is -7.10. The molecule has 0 aromatic heterocycles. The second kappa shape index (κ2) is 7.48. The third-order valence-corrected chi connectivity index (χ3v) is 7.85. The van der Waals surface area contributed by atoms with Crippen molar-refractivity contribution in [2.24, 2.45) is 0 Å². The summed E-state index contributed by atoms with van der Waals surface area (Å²) in [6.45, 7) is 0. The number of benzene rings is 2. The molecule has 0 bridgehead atoms. The topological polar surface area (TPSA) is 113 Å². The molecule has 0 amide bonds. The van der Waals surface area contributed by atoms with E-state index in [0.29, 0.717) is 11.4 Å². The van der Waals surface area contributed by atoms with Crippen molar-refractivity contribution in [3.63, 3.8) is 0 Å². The first kappa shape index (κ1) is 20.2. The van der Waals surface area contributed by atoms with E-state index in [1.165, 1.54) is 30.3 Å². The molecule has 7 nitrogen and oxygen atoms in total. The lowest BCUT2D eigenvalue weighted by Gasteiger charge is -2.16. The van der Waals surface area contributed by atoms with Crippen LogP contribution in [0.4, 0.5) is 11.4 Å². The van der Waals surface area contributed by atoms with E-state index in [1.54, 1.807) is 12.1 Å². The van der Waals surface area contributed by atoms with E-state index in [2.05, 4.69) is 10.0 Å². The molecule has 0 unspecified atom stereocenters. The van der Waals surface area contributed by atoms with Gasteiger partial charge in [0, 0.05) is 11.4 Å². The number of hydrogen-bond acceptors (Lipinski definition) is 6. The highest BCUT2D eigenvalue weighted by atomic mass is 35.5. The lowest BCUT2D eigenvalue weighted by atomic mass is 10.2. The highest BCUT2D eigenvalue weighted by Crippen LogP contribution is 2.26. The largest absolute Gasteiger partial charge is 0.390 e. The monoisotopic (exact) mass is 450 g/mol. The molecular formula is C16H16Cl2N2O5S2. The Morgan fingerprint density at radius 3 is 2.15 bits per heavy atom. The third kappa shape index (κ3) is 4.85. The van der Waals surface area contributed by atoms with Gasteiger partial charge in [0.25, 0.3) is 10.0 Å². The van der Waals surface area contributed by atoms with Crippen molar-refractivity contribution in [1.82, 2.24) is 0 Å². The van der Waals surface area contributed by atoms with E-state index in [1.807, 2.05) is 0 Å². The molecule has 2 aromatic carbocycles. The number of halogens is 2. The Labute approximate surface area is 167 Å². The van der Waals surface area contributed by atoms with Gasteiger partial charge >= 0.3 is 0 Å². The van der Waals surface area contributed by atoms with Crippen LogP contribution in [0.5, 0.6) is 0 Å². The second-order valence-electron chi connectivity index (χ2n) is 6.15. The molecule has 11 heteroatoms. The molecule has 1 saturated heterocycles. The number of aliphatic hydroxyl groups is 1. The first-order valence-electron chi connectivity index (χ1n) is 7.79. The molecule has 0 aliphatic carbocycles. The zero-order chi connectivity index (χ0) is 19.8. The molecule has 2 atom stereocenters. The number of sulfonamides is 1. The highest BCUT2D eigenvalue weighted by molar-refractivity contribution is 7.92. The summed E-state index contributed by atoms with van der Waals surface area (Å²) in [5, 5.41) is 13.1. The smallest absolute Gasteiger partial charge is 0.261 e. The van der Waals surface area contributed by atoms with Crippen molar-refractivity contribution in [2.75, 3.05) is 21.5 Å². The predicted octanol–water partition coefficient (Wildman–Crippen LogP) is 2.36. The Morgan fingerprint density at radius 1 is 0.963 bits per heavy atom. The van der Waals surface area contributed by atoms with Crippen LogP contribution in [-0.4, -0.2) is 45.6 Å². The van der Waals surface area contributed by atoms with Gasteiger partial charge in [-0.25, -0.2) is 16.8 Å². The number of hydrogen-bond donors (Lipinski definition) is 3. The van der Waals surface area contributed by atoms with Crippen molar-refractivity contribution in [2.45, 2.75) is 17.0 Å². The van der Waals surface area contributed by atoms with E-state index in [9.17, 15) is 21.9 Å². The molecular weight excluding hydrogens is 435 g/mol. The maximum atomic E-state index is 12.4. The molecule has 1 aliphatic rings. The normalized spacial score (nSPS) is 21.7. The van der Waals surface area contributed by atoms with E-state index in [-0.39, 0.29) is 26.4 Å². The van der Waals surface area contributed by atoms with Crippen molar-refractivity contribution < 1.29 is 21.9 Å². The van der Waals surface area contributed by atoms with Crippen LogP contribution >= 0.6 is 23.2 Å². The van der Waals surface area contributed by atoms with Gasteiger partial charge in [-0.3, -0.25) is 4.72 Å². The molecule has 0 spiro atoms. The van der Waals surface area contributed by atoms with Crippen molar-refractivity contribution >= 4 is 54.4 Å². The molecule has 1 aliphatic heterocycles. The minimum Gasteiger partial charge on any atom is -0.390 e. The number of sulfone groups is 1. The maximum Gasteiger partial charge on any atom is 0.261 e. The molecule has 3 rings (SSSR count). The standard InChI is InChI=1S/C16H16Cl2N2O5S2/c17-13-6-5-12(7-14(13)18)27(24,25)20-11-3-1-10(2-4-11)19-15-8-26(22,23)9-16(15)21/h1-7,15-16,19-21H,8-9H2/t15-,16-/m0/s1. The van der Waals surface area contributed by atoms with E-state index >= 15 is 0 Å². The Balaban J connectivity index is 1.71. The minimum absolute atomic E-state index is 0.0293. The quantitative estimate of drug-likeness (QED) is 0.644. The Morgan fingerprint density at radius 2 is 1.59 bits per heavy atom. The summed E-state index contributed by atoms with van der Waals surface area (Å²) in [6, 6.07) is 9.61. The van der Waals surface area contributed by atoms with Crippen LogP contribution in [-0.2, 0) is 19.9 Å². The summed E-state index contributed by atoms with van der Waals surface area (Å²) in [6.07, 6.45) is -0.983. The van der Waals surface area contributed by atoms with Crippen LogP contribution in [0.15, 0.2) is 47.4 Å². The van der Waals surface area contributed by atoms with E-state index in [0.717, 1.165) is 0 Å². The number of anilines is 2. The zero-order valence-electron chi connectivity index (χ0n) is 13.8. The summed E-state index contributed by atoms with van der Waals surface area (Å²) in [4.78, 5) is -0.0293. The average Bonchev–Trinajstić information content (AvgIpc) is 2.83. The van der Waals surface area contributed by atoms with Crippen molar-refractivity contribution in [3.8, 4) is 0 Å². The van der Waals surface area contributed by atoms with Gasteiger partial charge in [0.2, 0.25) is 0 Å². The van der Waals surface area contributed by atoms with Gasteiger partial charge in [0.15, 0.2) is 9.84 Å². The molecule has 146 valence electrons. The summed E-state index contributed by atoms with van der Waals surface area (Å²) >= 11 is 11.7. The first-order valence-corrected chi connectivity index (χ1v) is 11.8. The fourth-order valence-electron chi connectivity index (χ4n) is 2.67. The van der Waals surface area contributed by atoms with E-state index in [4.69, 9.17) is 23.2 Å². The zero-order valence-corrected chi connectivity index (χ0v) is 16.9. The van der Waals surface area contributed by atoms with Crippen molar-refractivity contribution in [3.05, 3.63) is 52.5 Å². The average molecular weight is 451 g/mol. The van der Waals surface area contributed by atoms with Crippen molar-refractivity contribution in [1.29, 1.82) is 0 Å². The Kier molecular flexibility index (Phi) is 5.60. The van der Waals surface area contributed by atoms with Crippen LogP contribution in [0.1, 0.15) is 0 Å². The lowest BCUT2D eigenvalue weighted by Crippen LogP contribution is -2.31. The minimum atomic E-state index is -3.84. The maximum absolute atomic E-state index is 12.4. The fourth-order valence-corrected chi connectivity index (χ4v) is 5.86. The SMILES string of the molecule is O=S1(=O)C[C@H](Nc2ccc(NS(=O)(=O)c3ccc(Cl)c(Cl)c3)cc2)[C@@H](O)C1. The second-order valence-corrected chi connectivity index (χ2v) is 10.8. The van der Waals surface area contributed by atoms with Crippen LogP contribution in [0.25, 0.3) is 0 Å². The molecule has 3 N–H and O–H groups in total. The van der Waals surface area contributed by atoms with Crippen LogP contribution in [0, 0.1) is 0 Å². The number of rotatable bonds is 5. The van der Waals surface area contributed by atoms with Gasteiger partial charge in [-0.15, -0.1) is 0 Å². The Bertz CT molecular complexity index is 1060. The van der Waals surface area contributed by atoms with Crippen LogP contribution in [0.3, 0.4) is 0 Å². The lowest BCUT2D eigenvalue weighted by molar-refractivity contribution is 0.190. The number of nitrogens with one attached hydrogen (secondary N) is 2. The van der Waals surface area contributed by atoms with Gasteiger partial charge in [0.05, 0.1) is 38.6 Å². The van der Waals surface area contributed by atoms with E-state index < -0.39 is 32.0 Å². The predicted molar refractivity (Wildman–Crippen MR) is 106 cm³/mol. The molecule has 1 fully saturated rings. The molecule has 0 saturated carbocycles. The molecule has 27 heavy (non-hydrogen) atoms. The fraction of sp³-hybridized carbons (Fsp3) is 0.250. The summed E-state index contributed by atoms with van der Waals surface area (Å²) < 4.78 is 50.3. The van der Waals surface area contributed by atoms with Crippen LogP contribution < -0.4 is 10.0 Å². The van der Waals surface area contributed by atoms with Gasteiger partial charge in [0.1, 0.15) is 0 Å². The number of aliphatic hydroxyl groups excluding tert-OH is 1. The van der Waals surface area contributed by atoms with Gasteiger partial charge in [-0.1, -0.05) is 23.2 Å². The molecule has 1 heterocycles. The molecule has 0 radical (unpaired) electrons. The summed E-state index contributed by atoms with van der Waals surface area (Å²) in [5.74, 6) is -0.425. The summed E-state index contributed by atoms with van der Waals surface area (Å²) in [5.41, 5.74) is 0.875. The van der Waals surface area contributed by atoms with Gasteiger partial charge < -0.3 is 10.4 Å². The molecule has 2 aromatic rings. The first-order chi connectivity index (χ1) is 12.6. The highest BCUT2D eigenvalue weighted by Gasteiger charge is 2.36.